The van der Waals surface area contributed by atoms with E-state index in [0.29, 0.717) is 10.9 Å². The number of pyridine rings is 4. The summed E-state index contributed by atoms with van der Waals surface area (Å²) >= 11 is 0. The quantitative estimate of drug-likeness (QED) is 0.0499. The zero-order chi connectivity index (χ0) is 96.7. The first-order valence-corrected chi connectivity index (χ1v) is 47.1. The molecule has 20 heteroatoms. The molecule has 3 aliphatic rings. The van der Waals surface area contributed by atoms with Crippen LogP contribution in [0.3, 0.4) is 0 Å². The maximum Gasteiger partial charge on any atom is 0.494 e. The Kier molecular flexibility index (Phi) is 22.9. The summed E-state index contributed by atoms with van der Waals surface area (Å²) in [4.78, 5) is 18.9. The van der Waals surface area contributed by atoms with Crippen molar-refractivity contribution in [2.45, 2.75) is 73.0 Å². The molecule has 2 aliphatic carbocycles. The fraction of sp³-hybridized carbons (Fsp3) is 0.100. The molecule has 0 bridgehead atoms. The van der Waals surface area contributed by atoms with Crippen LogP contribution in [0.2, 0.25) is 0 Å². The van der Waals surface area contributed by atoms with Gasteiger partial charge in [0.05, 0.1) is 55.8 Å². The lowest BCUT2D eigenvalue weighted by Gasteiger charge is -2.34. The van der Waals surface area contributed by atoms with Gasteiger partial charge in [0.2, 0.25) is 0 Å². The molecule has 5 heterocycles. The number of alkyl halides is 9. The van der Waals surface area contributed by atoms with E-state index >= 15 is 0 Å². The molecule has 140 heavy (non-hydrogen) atoms. The van der Waals surface area contributed by atoms with Crippen molar-refractivity contribution < 1.29 is 61.4 Å². The van der Waals surface area contributed by atoms with Gasteiger partial charge in [0.15, 0.2) is 0 Å². The Morgan fingerprint density at radius 1 is 0.293 bits per heavy atom. The molecule has 0 radical (unpaired) electrons. The van der Waals surface area contributed by atoms with Crippen molar-refractivity contribution in [3.63, 3.8) is 0 Å². The molecule has 20 aromatic rings. The summed E-state index contributed by atoms with van der Waals surface area (Å²) in [6, 6.07) is 143. The fourth-order valence-electron chi connectivity index (χ4n) is 20.0. The first-order valence-electron chi connectivity index (χ1n) is 45.7. The molecule has 0 spiro atoms. The number of hydrogen-bond acceptors (Lipinski definition) is 9. The first kappa shape index (κ1) is 90.7. The van der Waals surface area contributed by atoms with Gasteiger partial charge in [-0.25, -0.2) is 9.97 Å². The van der Waals surface area contributed by atoms with Gasteiger partial charge in [-0.15, -0.1) is 0 Å². The predicted octanol–water partition coefficient (Wildman–Crippen LogP) is 30.1. The van der Waals surface area contributed by atoms with Gasteiger partial charge in [-0.1, -0.05) is 346 Å². The average Bonchev–Trinajstić information content (AvgIpc) is 1.56. The zero-order valence-corrected chi connectivity index (χ0v) is 76.6. The lowest BCUT2D eigenvalue weighted by molar-refractivity contribution is -0.382. The minimum atomic E-state index is -7.41. The molecular weight excluding hydrogens is 1790 g/mol. The summed E-state index contributed by atoms with van der Waals surface area (Å²) in [5.41, 5.74) is 29.4. The fourth-order valence-corrected chi connectivity index (χ4v) is 20.9. The number of hydrogen-bond donors (Lipinski definition) is 0. The topological polar surface area (TPSA) is 113 Å². The van der Waals surface area contributed by atoms with Crippen LogP contribution in [0.1, 0.15) is 72.2 Å². The summed E-state index contributed by atoms with van der Waals surface area (Å²) < 4.78 is 161. The monoisotopic (exact) mass is 1870 g/mol. The van der Waals surface area contributed by atoms with E-state index in [-0.39, 0.29) is 23.7 Å². The van der Waals surface area contributed by atoms with Crippen LogP contribution in [0.5, 0.6) is 5.75 Å². The first-order chi connectivity index (χ1) is 67.5. The minimum Gasteiger partial charge on any atom is -0.399 e. The van der Waals surface area contributed by atoms with E-state index in [1.807, 2.05) is 134 Å². The second-order valence-electron chi connectivity index (χ2n) is 36.1. The largest absolute Gasteiger partial charge is 0.494 e. The second-order valence-corrected chi connectivity index (χ2v) is 37.7. The molecule has 4 aromatic heterocycles. The van der Waals surface area contributed by atoms with Gasteiger partial charge in [-0.05, 0) is 256 Å². The van der Waals surface area contributed by atoms with Crippen LogP contribution in [-0.4, -0.2) is 70.0 Å². The summed E-state index contributed by atoms with van der Waals surface area (Å²) in [7, 11) is -7.45. The van der Waals surface area contributed by atoms with Gasteiger partial charge in [-0.2, -0.15) is 47.9 Å². The summed E-state index contributed by atoms with van der Waals surface area (Å²) in [6.45, 7) is 8.29. The maximum absolute atomic E-state index is 14.3. The number of rotatable bonds is 17. The van der Waals surface area contributed by atoms with Crippen LogP contribution in [0.25, 0.3) is 144 Å². The van der Waals surface area contributed by atoms with Crippen molar-refractivity contribution in [1.82, 2.24) is 19.9 Å². The van der Waals surface area contributed by atoms with Gasteiger partial charge < -0.3 is 13.5 Å². The minimum absolute atomic E-state index is 0.156. The third kappa shape index (κ3) is 15.5. The summed E-state index contributed by atoms with van der Waals surface area (Å²) in [5.74, 6) is -15.8. The molecule has 1 aliphatic heterocycles. The van der Waals surface area contributed by atoms with E-state index in [0.717, 1.165) is 123 Å². The highest BCUT2D eigenvalue weighted by atomic mass is 32.2. The Bertz CT molecular complexity index is 8170. The molecule has 0 unspecified atom stereocenters. The van der Waals surface area contributed by atoms with Gasteiger partial charge in [0, 0.05) is 23.2 Å². The summed E-state index contributed by atoms with van der Waals surface area (Å²) in [5, 5.41) is -1.73. The smallest absolute Gasteiger partial charge is 0.399 e. The molecule has 0 amide bonds. The normalized spacial score (nSPS) is 14.4. The number of aromatic nitrogens is 4. The Hall–Kier alpha value is -15.7. The average molecular weight is 1880 g/mol. The lowest BCUT2D eigenvalue weighted by Crippen LogP contribution is -2.63. The number of halogens is 9. The number of benzene rings is 16. The molecule has 1 fully saturated rings. The highest BCUT2D eigenvalue weighted by Crippen LogP contribution is 2.62. The van der Waals surface area contributed by atoms with Crippen LogP contribution in [0.15, 0.2) is 437 Å². The van der Waals surface area contributed by atoms with Crippen molar-refractivity contribution in [2.24, 2.45) is 0 Å². The van der Waals surface area contributed by atoms with Gasteiger partial charge in [-0.3, -0.25) is 9.97 Å². The maximum atomic E-state index is 14.3. The standard InChI is InChI=1S/C55H36N2.C39H23F9O3S.C26H25BN2O2/c1-3-14-43(15-4-1)55(44-16-5-2-6-17-44)49-21-9-7-19-47(49)54-45(20-13-22-50(54)55)42-32-31-40-34-39(29-30-41(40)35-42)37-25-27-38(28-26-37)48-36-53(52-24-11-12-33-56-52)57-51-23-10-8-18-46(48)51;40-36(41,38(44,45)46)37(42,43)39(47,48)52(49,50)51-29-21-20-24-22-26(19-18-25(24)23-29)30-15-9-17-33-34(30)31-14-7-8-16-32(31)35(33,27-10-3-1-4-11-27)28-12-5-2-6-13-28;1-25(2)26(3,4)31-27(30-25)19-14-12-18(13-15-19)21-17-24(23-11-7-8-16-28-23)29-22-10-6-5-9-20(21)22/h1-36H;1-23H;5-17H,1-4H3. The highest BCUT2D eigenvalue weighted by molar-refractivity contribution is 7.88. The van der Waals surface area contributed by atoms with Crippen LogP contribution < -0.4 is 9.65 Å². The van der Waals surface area contributed by atoms with Crippen molar-refractivity contribution in [2.75, 3.05) is 0 Å². The van der Waals surface area contributed by atoms with Gasteiger partial charge in [0.1, 0.15) is 5.75 Å². The van der Waals surface area contributed by atoms with E-state index in [1.165, 1.54) is 78.5 Å². The second kappa shape index (κ2) is 35.4. The van der Waals surface area contributed by atoms with Crippen molar-refractivity contribution >= 4 is 66.1 Å². The van der Waals surface area contributed by atoms with Crippen molar-refractivity contribution in [3.8, 4) is 106 Å². The molecular formula is C120H84BF9N4O5S. The Morgan fingerprint density at radius 2 is 0.636 bits per heavy atom. The SMILES string of the molecule is CC1(C)OB(c2ccc(-c3cc(-c4ccccn4)nc4ccccc34)cc2)OC1(C)C.O=S(=O)(Oc1ccc2cc(-c3cccc4c3-c3ccccc3C4(c3ccccc3)c3ccccc3)ccc2c1)C(F)(F)C(F)(F)C(F)(F)C(F)(F)F.c1ccc(C2(c3ccccc3)c3ccccc3-c3c(-c4ccc5cc(-c6ccc(-c7cc(-c8ccccn8)nc8ccccc78)cc6)ccc5c4)cccc32)cc1. The van der Waals surface area contributed by atoms with Crippen molar-refractivity contribution in [3.05, 3.63) is 482 Å². The number of fused-ring (bicyclic) bond motifs is 10. The molecule has 23 rings (SSSR count). The van der Waals surface area contributed by atoms with Crippen LogP contribution in [-0.2, 0) is 30.3 Å². The predicted molar refractivity (Wildman–Crippen MR) is 539 cm³/mol. The zero-order valence-electron chi connectivity index (χ0n) is 75.8. The molecule has 16 aromatic carbocycles. The van der Waals surface area contributed by atoms with E-state index in [9.17, 15) is 47.9 Å². The third-order valence-corrected chi connectivity index (χ3v) is 28.7. The Morgan fingerprint density at radius 3 is 1.06 bits per heavy atom. The van der Waals surface area contributed by atoms with E-state index in [4.69, 9.17) is 19.3 Å². The molecule has 686 valence electrons. The third-order valence-electron chi connectivity index (χ3n) is 27.4. The van der Waals surface area contributed by atoms with Crippen LogP contribution in [0.4, 0.5) is 39.5 Å². The Labute approximate surface area is 803 Å². The molecule has 0 N–H and O–H groups in total. The van der Waals surface area contributed by atoms with Gasteiger partial charge >= 0.3 is 40.5 Å². The van der Waals surface area contributed by atoms with E-state index in [1.54, 1.807) is 18.3 Å². The van der Waals surface area contributed by atoms with Crippen LogP contribution in [0, 0.1) is 0 Å². The highest BCUT2D eigenvalue weighted by Gasteiger charge is 2.86. The lowest BCUT2D eigenvalue weighted by atomic mass is 9.67. The molecule has 0 atom stereocenters. The Balaban J connectivity index is 0.000000130. The molecule has 1 saturated heterocycles. The molecule has 0 saturated carbocycles. The van der Waals surface area contributed by atoms with E-state index < -0.39 is 50.0 Å². The van der Waals surface area contributed by atoms with Crippen molar-refractivity contribution in [1.29, 1.82) is 0 Å². The summed E-state index contributed by atoms with van der Waals surface area (Å²) in [6.07, 6.45) is -3.58. The van der Waals surface area contributed by atoms with Gasteiger partial charge in [0.25, 0.3) is 0 Å². The number of nitrogens with zero attached hydrogens (tertiary/aromatic N) is 4. The van der Waals surface area contributed by atoms with E-state index in [2.05, 4.69) is 303 Å². The molecule has 9 nitrogen and oxygen atoms in total. The van der Waals surface area contributed by atoms with Crippen LogP contribution >= 0.6 is 0 Å². The number of para-hydroxylation sites is 2.